The topological polar surface area (TPSA) is 75.5 Å². The summed E-state index contributed by atoms with van der Waals surface area (Å²) in [5.74, 6) is 0.529. The molecule has 2 aromatic carbocycles. The molecule has 0 spiro atoms. The van der Waals surface area contributed by atoms with Crippen LogP contribution in [0.2, 0.25) is 0 Å². The summed E-state index contributed by atoms with van der Waals surface area (Å²) < 4.78 is 26.1. The van der Waals surface area contributed by atoms with Crippen molar-refractivity contribution in [3.63, 3.8) is 0 Å². The maximum absolute atomic E-state index is 14.2. The van der Waals surface area contributed by atoms with Gasteiger partial charge in [0.2, 0.25) is 5.88 Å². The fourth-order valence-electron chi connectivity index (χ4n) is 4.71. The Morgan fingerprint density at radius 2 is 2.06 bits per heavy atom. The predicted octanol–water partition coefficient (Wildman–Crippen LogP) is 4.30. The lowest BCUT2D eigenvalue weighted by Crippen LogP contribution is -2.35. The number of pyridine rings is 1. The Morgan fingerprint density at radius 1 is 1.24 bits per heavy atom. The van der Waals surface area contributed by atoms with Gasteiger partial charge in [0.25, 0.3) is 5.91 Å². The van der Waals surface area contributed by atoms with E-state index in [0.717, 1.165) is 5.69 Å². The molecule has 0 unspecified atom stereocenters. The SMILES string of the molecule is Cc1cccc(OC[C@@H]2CN(C(=O)c3ccc(C#N)cc3)[C@H]3c4cc(F)ccc4OC[C@@H]23)n1. The van der Waals surface area contributed by atoms with E-state index in [9.17, 15) is 9.18 Å². The number of benzene rings is 2. The third kappa shape index (κ3) is 4.00. The number of fused-ring (bicyclic) bond motifs is 3. The molecule has 1 fully saturated rings. The molecule has 7 heteroatoms. The summed E-state index contributed by atoms with van der Waals surface area (Å²) in [6.45, 7) is 3.12. The summed E-state index contributed by atoms with van der Waals surface area (Å²) >= 11 is 0. The third-order valence-electron chi connectivity index (χ3n) is 6.33. The Bertz CT molecular complexity index is 1240. The van der Waals surface area contributed by atoms with Crippen molar-refractivity contribution in [1.29, 1.82) is 5.26 Å². The predicted molar refractivity (Wildman–Crippen MR) is 118 cm³/mol. The third-order valence-corrected chi connectivity index (χ3v) is 6.33. The second-order valence-corrected chi connectivity index (χ2v) is 8.44. The van der Waals surface area contributed by atoms with Gasteiger partial charge in [-0.1, -0.05) is 6.07 Å². The Hall–Kier alpha value is -3.92. The smallest absolute Gasteiger partial charge is 0.254 e. The minimum atomic E-state index is -0.368. The zero-order valence-corrected chi connectivity index (χ0v) is 18.1. The van der Waals surface area contributed by atoms with Crippen LogP contribution in [0.25, 0.3) is 0 Å². The molecule has 3 heterocycles. The highest BCUT2D eigenvalue weighted by Crippen LogP contribution is 2.48. The van der Waals surface area contributed by atoms with E-state index in [2.05, 4.69) is 11.1 Å². The average Bonchev–Trinajstić information content (AvgIpc) is 3.21. The average molecular weight is 443 g/mol. The van der Waals surface area contributed by atoms with Gasteiger partial charge in [-0.25, -0.2) is 9.37 Å². The second kappa shape index (κ2) is 8.55. The van der Waals surface area contributed by atoms with Crippen molar-refractivity contribution in [2.45, 2.75) is 13.0 Å². The van der Waals surface area contributed by atoms with Crippen LogP contribution in [0.1, 0.15) is 33.2 Å². The molecule has 0 radical (unpaired) electrons. The van der Waals surface area contributed by atoms with Gasteiger partial charge in [-0.3, -0.25) is 4.79 Å². The number of halogens is 1. The van der Waals surface area contributed by atoms with Crippen LogP contribution >= 0.6 is 0 Å². The zero-order chi connectivity index (χ0) is 22.9. The van der Waals surface area contributed by atoms with Crippen LogP contribution in [0, 0.1) is 35.9 Å². The maximum atomic E-state index is 14.2. The summed E-state index contributed by atoms with van der Waals surface area (Å²) in [5, 5.41) is 9.06. The molecule has 1 aromatic heterocycles. The maximum Gasteiger partial charge on any atom is 0.254 e. The van der Waals surface area contributed by atoms with E-state index in [1.807, 2.05) is 19.1 Å². The number of hydrogen-bond acceptors (Lipinski definition) is 5. The van der Waals surface area contributed by atoms with Crippen molar-refractivity contribution in [1.82, 2.24) is 9.88 Å². The summed E-state index contributed by atoms with van der Waals surface area (Å²) in [4.78, 5) is 19.7. The Balaban J connectivity index is 1.46. The number of aromatic nitrogens is 1. The second-order valence-electron chi connectivity index (χ2n) is 8.44. The fourth-order valence-corrected chi connectivity index (χ4v) is 4.71. The molecule has 2 aliphatic heterocycles. The number of nitriles is 1. The van der Waals surface area contributed by atoms with Gasteiger partial charge in [-0.2, -0.15) is 5.26 Å². The molecule has 0 aliphatic carbocycles. The molecule has 5 rings (SSSR count). The molecular weight excluding hydrogens is 421 g/mol. The van der Waals surface area contributed by atoms with Crippen LogP contribution in [-0.2, 0) is 0 Å². The highest BCUT2D eigenvalue weighted by molar-refractivity contribution is 5.95. The Kier molecular flexibility index (Phi) is 5.43. The molecule has 0 N–H and O–H groups in total. The molecule has 3 atom stereocenters. The van der Waals surface area contributed by atoms with Gasteiger partial charge in [-0.05, 0) is 55.5 Å². The molecule has 0 bridgehead atoms. The minimum absolute atomic E-state index is 0.0175. The number of likely N-dealkylation sites (tertiary alicyclic amines) is 1. The van der Waals surface area contributed by atoms with Gasteiger partial charge in [0, 0.05) is 41.3 Å². The van der Waals surface area contributed by atoms with Crippen LogP contribution < -0.4 is 9.47 Å². The van der Waals surface area contributed by atoms with Crippen molar-refractivity contribution >= 4 is 5.91 Å². The highest BCUT2D eigenvalue weighted by atomic mass is 19.1. The molecule has 166 valence electrons. The van der Waals surface area contributed by atoms with Crippen LogP contribution in [0.4, 0.5) is 4.39 Å². The van der Waals surface area contributed by atoms with Crippen LogP contribution in [0.5, 0.6) is 11.6 Å². The van der Waals surface area contributed by atoms with E-state index in [4.69, 9.17) is 14.7 Å². The molecule has 0 saturated carbocycles. The first kappa shape index (κ1) is 21.0. The largest absolute Gasteiger partial charge is 0.493 e. The number of ether oxygens (including phenoxy) is 2. The number of carbonyl (C=O) groups excluding carboxylic acids is 1. The number of nitrogens with zero attached hydrogens (tertiary/aromatic N) is 3. The van der Waals surface area contributed by atoms with Crippen molar-refractivity contribution in [2.75, 3.05) is 19.8 Å². The molecule has 1 saturated heterocycles. The van der Waals surface area contributed by atoms with Gasteiger partial charge < -0.3 is 14.4 Å². The monoisotopic (exact) mass is 443 g/mol. The molecule has 2 aliphatic rings. The highest BCUT2D eigenvalue weighted by Gasteiger charge is 2.48. The van der Waals surface area contributed by atoms with E-state index in [0.29, 0.717) is 48.1 Å². The normalized spacial score (nSPS) is 20.9. The summed E-state index contributed by atoms with van der Waals surface area (Å²) in [7, 11) is 0. The number of aryl methyl sites for hydroxylation is 1. The van der Waals surface area contributed by atoms with Gasteiger partial charge in [-0.15, -0.1) is 0 Å². The minimum Gasteiger partial charge on any atom is -0.493 e. The van der Waals surface area contributed by atoms with Crippen molar-refractivity contribution < 1.29 is 18.7 Å². The van der Waals surface area contributed by atoms with E-state index in [-0.39, 0.29) is 29.6 Å². The van der Waals surface area contributed by atoms with E-state index in [1.54, 1.807) is 41.3 Å². The van der Waals surface area contributed by atoms with E-state index < -0.39 is 0 Å². The Morgan fingerprint density at radius 3 is 2.82 bits per heavy atom. The lowest BCUT2D eigenvalue weighted by molar-refractivity contribution is 0.0674. The summed E-state index contributed by atoms with van der Waals surface area (Å²) in [6, 6.07) is 18.3. The summed E-state index contributed by atoms with van der Waals surface area (Å²) in [5.41, 5.74) is 2.50. The first-order chi connectivity index (χ1) is 16.0. The standard InChI is InChI=1S/C26H22FN3O3/c1-16-3-2-4-24(29-16)33-14-19-13-30(26(31)18-7-5-17(12-28)6-8-18)25-21-11-20(27)9-10-23(21)32-15-22(19)25/h2-11,19,22,25H,13-15H2,1H3/t19-,22-,25-/m0/s1. The number of carbonyl (C=O) groups is 1. The van der Waals surface area contributed by atoms with E-state index >= 15 is 0 Å². The fraction of sp³-hybridized carbons (Fsp3) is 0.269. The first-order valence-electron chi connectivity index (χ1n) is 10.8. The van der Waals surface area contributed by atoms with Gasteiger partial charge in [0.1, 0.15) is 11.6 Å². The van der Waals surface area contributed by atoms with Crippen LogP contribution in [0.3, 0.4) is 0 Å². The lowest BCUT2D eigenvalue weighted by atomic mass is 9.85. The Labute approximate surface area is 191 Å². The first-order valence-corrected chi connectivity index (χ1v) is 10.8. The lowest BCUT2D eigenvalue weighted by Gasteiger charge is -2.34. The number of amides is 1. The number of rotatable bonds is 4. The molecular formula is C26H22FN3O3. The molecule has 33 heavy (non-hydrogen) atoms. The van der Waals surface area contributed by atoms with Crippen LogP contribution in [0.15, 0.2) is 60.7 Å². The van der Waals surface area contributed by atoms with Crippen molar-refractivity contribution in [3.05, 3.63) is 88.9 Å². The molecule has 3 aromatic rings. The van der Waals surface area contributed by atoms with Gasteiger partial charge in [0.05, 0.1) is 30.9 Å². The van der Waals surface area contributed by atoms with Gasteiger partial charge >= 0.3 is 0 Å². The van der Waals surface area contributed by atoms with Crippen molar-refractivity contribution in [2.24, 2.45) is 11.8 Å². The van der Waals surface area contributed by atoms with Gasteiger partial charge in [0.15, 0.2) is 0 Å². The zero-order valence-electron chi connectivity index (χ0n) is 18.1. The number of hydrogen-bond donors (Lipinski definition) is 0. The van der Waals surface area contributed by atoms with Crippen LogP contribution in [-0.4, -0.2) is 35.5 Å². The van der Waals surface area contributed by atoms with E-state index in [1.165, 1.54) is 12.1 Å². The summed E-state index contributed by atoms with van der Waals surface area (Å²) in [6.07, 6.45) is 0. The quantitative estimate of drug-likeness (QED) is 0.601. The van der Waals surface area contributed by atoms with Crippen molar-refractivity contribution in [3.8, 4) is 17.7 Å². The molecule has 1 amide bonds. The molecule has 6 nitrogen and oxygen atoms in total.